The summed E-state index contributed by atoms with van der Waals surface area (Å²) in [4.78, 5) is 23.0. The molecule has 1 aromatic carbocycles. The van der Waals surface area contributed by atoms with Gasteiger partial charge >= 0.3 is 0 Å². The lowest BCUT2D eigenvalue weighted by atomic mass is 10.1. The zero-order chi connectivity index (χ0) is 16.4. The first-order chi connectivity index (χ1) is 11.8. The largest absolute Gasteiger partial charge is 0.486 e. The molecule has 7 nitrogen and oxygen atoms in total. The molecule has 3 heterocycles. The van der Waals surface area contributed by atoms with Gasteiger partial charge in [-0.2, -0.15) is 0 Å². The van der Waals surface area contributed by atoms with E-state index in [4.69, 9.17) is 14.2 Å². The van der Waals surface area contributed by atoms with Crippen LogP contribution in [0, 0.1) is 0 Å². The molecule has 24 heavy (non-hydrogen) atoms. The van der Waals surface area contributed by atoms with Crippen molar-refractivity contribution < 1.29 is 19.0 Å². The van der Waals surface area contributed by atoms with Gasteiger partial charge in [-0.3, -0.25) is 14.8 Å². The molecule has 1 saturated heterocycles. The van der Waals surface area contributed by atoms with Crippen LogP contribution in [-0.4, -0.2) is 53.7 Å². The number of para-hydroxylation sites is 1. The maximum Gasteiger partial charge on any atom is 0.257 e. The number of carbonyl (C=O) groups is 1. The Morgan fingerprint density at radius 2 is 2.08 bits per heavy atom. The van der Waals surface area contributed by atoms with Crippen LogP contribution in [0.4, 0.5) is 0 Å². The van der Waals surface area contributed by atoms with Crippen LogP contribution in [0.25, 0.3) is 0 Å². The third-order valence-electron chi connectivity index (χ3n) is 4.06. The topological polar surface area (TPSA) is 73.8 Å². The highest BCUT2D eigenvalue weighted by atomic mass is 16.6. The fourth-order valence-electron chi connectivity index (χ4n) is 2.90. The summed E-state index contributed by atoms with van der Waals surface area (Å²) in [5, 5.41) is 0. The highest BCUT2D eigenvalue weighted by Crippen LogP contribution is 2.35. The van der Waals surface area contributed by atoms with E-state index in [1.165, 1.54) is 0 Å². The van der Waals surface area contributed by atoms with Gasteiger partial charge in [-0.05, 0) is 12.1 Å². The van der Waals surface area contributed by atoms with E-state index in [-0.39, 0.29) is 12.0 Å². The molecule has 1 fully saturated rings. The molecule has 7 heteroatoms. The van der Waals surface area contributed by atoms with Gasteiger partial charge in [-0.1, -0.05) is 6.07 Å². The summed E-state index contributed by atoms with van der Waals surface area (Å²) >= 11 is 0. The maximum absolute atomic E-state index is 12.9. The molecular formula is C17H17N3O4. The van der Waals surface area contributed by atoms with Gasteiger partial charge in [0.2, 0.25) is 0 Å². The number of amides is 1. The van der Waals surface area contributed by atoms with Gasteiger partial charge in [-0.15, -0.1) is 0 Å². The average Bonchev–Trinajstić information content (AvgIpc) is 2.68. The third kappa shape index (κ3) is 2.78. The molecule has 0 bridgehead atoms. The van der Waals surface area contributed by atoms with Crippen LogP contribution in [0.15, 0.2) is 36.8 Å². The molecule has 1 aromatic heterocycles. The molecule has 0 aliphatic carbocycles. The van der Waals surface area contributed by atoms with Gasteiger partial charge in [0.25, 0.3) is 5.91 Å². The van der Waals surface area contributed by atoms with Gasteiger partial charge < -0.3 is 19.1 Å². The number of morpholine rings is 1. The molecule has 0 spiro atoms. The van der Waals surface area contributed by atoms with E-state index in [0.29, 0.717) is 50.0 Å². The molecule has 4 rings (SSSR count). The molecular weight excluding hydrogens is 310 g/mol. The van der Waals surface area contributed by atoms with Crippen LogP contribution < -0.4 is 9.47 Å². The second-order valence-corrected chi connectivity index (χ2v) is 5.57. The standard InChI is InChI=1S/C17H17N3O4/c21-17(12-2-1-3-14-16(12)24-9-8-23-14)20-6-7-22-15(11-20)13-10-18-4-5-19-13/h1-5,10,15H,6-9,11H2. The van der Waals surface area contributed by atoms with Crippen molar-refractivity contribution in [3.63, 3.8) is 0 Å². The number of carbonyl (C=O) groups excluding carboxylic acids is 1. The lowest BCUT2D eigenvalue weighted by molar-refractivity contribution is -0.0250. The van der Waals surface area contributed by atoms with Crippen LogP contribution in [0.1, 0.15) is 22.2 Å². The second-order valence-electron chi connectivity index (χ2n) is 5.57. The van der Waals surface area contributed by atoms with Gasteiger partial charge in [0, 0.05) is 18.9 Å². The Bertz CT molecular complexity index is 738. The predicted octanol–water partition coefficient (Wildman–Crippen LogP) is 1.46. The number of hydrogen-bond donors (Lipinski definition) is 0. The Balaban J connectivity index is 1.56. The van der Waals surface area contributed by atoms with E-state index in [9.17, 15) is 4.79 Å². The summed E-state index contributed by atoms with van der Waals surface area (Å²) in [5.41, 5.74) is 1.25. The maximum atomic E-state index is 12.9. The van der Waals surface area contributed by atoms with Gasteiger partial charge in [-0.25, -0.2) is 0 Å². The molecule has 0 saturated carbocycles. The predicted molar refractivity (Wildman–Crippen MR) is 84.1 cm³/mol. The quantitative estimate of drug-likeness (QED) is 0.831. The molecule has 1 atom stereocenters. The lowest BCUT2D eigenvalue weighted by Crippen LogP contribution is -2.42. The highest BCUT2D eigenvalue weighted by molar-refractivity contribution is 5.98. The van der Waals surface area contributed by atoms with Crippen LogP contribution in [0.3, 0.4) is 0 Å². The molecule has 1 unspecified atom stereocenters. The minimum Gasteiger partial charge on any atom is -0.486 e. The van der Waals surface area contributed by atoms with Gasteiger partial charge in [0.15, 0.2) is 11.5 Å². The monoisotopic (exact) mass is 327 g/mol. The van der Waals surface area contributed by atoms with Crippen molar-refractivity contribution in [2.45, 2.75) is 6.10 Å². The summed E-state index contributed by atoms with van der Waals surface area (Å²) in [5.74, 6) is 1.05. The summed E-state index contributed by atoms with van der Waals surface area (Å²) in [7, 11) is 0. The summed E-state index contributed by atoms with van der Waals surface area (Å²) in [6.07, 6.45) is 4.63. The number of hydrogen-bond acceptors (Lipinski definition) is 6. The number of nitrogens with zero attached hydrogens (tertiary/aromatic N) is 3. The van der Waals surface area contributed by atoms with Crippen molar-refractivity contribution in [2.24, 2.45) is 0 Å². The van der Waals surface area contributed by atoms with Crippen LogP contribution >= 0.6 is 0 Å². The number of aromatic nitrogens is 2. The third-order valence-corrected chi connectivity index (χ3v) is 4.06. The Morgan fingerprint density at radius 3 is 2.96 bits per heavy atom. The molecule has 1 amide bonds. The SMILES string of the molecule is O=C(c1cccc2c1OCCO2)N1CCOC(c2cnccn2)C1. The van der Waals surface area contributed by atoms with Gasteiger partial charge in [0.05, 0.1) is 30.6 Å². The molecule has 2 aliphatic heterocycles. The van der Waals surface area contributed by atoms with Gasteiger partial charge in [0.1, 0.15) is 19.3 Å². The highest BCUT2D eigenvalue weighted by Gasteiger charge is 2.30. The number of ether oxygens (including phenoxy) is 3. The zero-order valence-corrected chi connectivity index (χ0v) is 13.1. The average molecular weight is 327 g/mol. The van der Waals surface area contributed by atoms with Crippen molar-refractivity contribution >= 4 is 5.91 Å². The summed E-state index contributed by atoms with van der Waals surface area (Å²) in [6, 6.07) is 5.39. The van der Waals surface area contributed by atoms with E-state index in [0.717, 1.165) is 5.69 Å². The Labute approximate surface area is 139 Å². The minimum atomic E-state index is -0.270. The molecule has 124 valence electrons. The Morgan fingerprint density at radius 1 is 1.17 bits per heavy atom. The molecule has 2 aliphatic rings. The van der Waals surface area contributed by atoms with E-state index in [1.54, 1.807) is 35.6 Å². The normalized spacial score (nSPS) is 19.8. The van der Waals surface area contributed by atoms with Crippen molar-refractivity contribution in [1.29, 1.82) is 0 Å². The van der Waals surface area contributed by atoms with Crippen molar-refractivity contribution in [3.05, 3.63) is 48.0 Å². The molecule has 2 aromatic rings. The molecule has 0 N–H and O–H groups in total. The summed E-state index contributed by atoms with van der Waals surface area (Å²) < 4.78 is 16.9. The summed E-state index contributed by atoms with van der Waals surface area (Å²) in [6.45, 7) is 2.36. The van der Waals surface area contributed by atoms with Crippen molar-refractivity contribution in [2.75, 3.05) is 32.9 Å². The zero-order valence-electron chi connectivity index (χ0n) is 13.1. The van der Waals surface area contributed by atoms with E-state index < -0.39 is 0 Å². The van der Waals surface area contributed by atoms with E-state index >= 15 is 0 Å². The van der Waals surface area contributed by atoms with E-state index in [1.807, 2.05) is 6.07 Å². The van der Waals surface area contributed by atoms with Crippen LogP contribution in [0.2, 0.25) is 0 Å². The number of fused-ring (bicyclic) bond motifs is 1. The number of rotatable bonds is 2. The second kappa shape index (κ2) is 6.45. The van der Waals surface area contributed by atoms with Crippen molar-refractivity contribution in [3.8, 4) is 11.5 Å². The Hall–Kier alpha value is -2.67. The van der Waals surface area contributed by atoms with Crippen LogP contribution in [0.5, 0.6) is 11.5 Å². The fourth-order valence-corrected chi connectivity index (χ4v) is 2.90. The minimum absolute atomic E-state index is 0.0884. The molecule has 0 radical (unpaired) electrons. The smallest absolute Gasteiger partial charge is 0.257 e. The van der Waals surface area contributed by atoms with E-state index in [2.05, 4.69) is 9.97 Å². The fraction of sp³-hybridized carbons (Fsp3) is 0.353. The van der Waals surface area contributed by atoms with Crippen molar-refractivity contribution in [1.82, 2.24) is 14.9 Å². The first-order valence-corrected chi connectivity index (χ1v) is 7.88. The first kappa shape index (κ1) is 14.9. The number of benzene rings is 1. The van der Waals surface area contributed by atoms with Crippen LogP contribution in [-0.2, 0) is 4.74 Å². The lowest BCUT2D eigenvalue weighted by Gasteiger charge is -2.33. The Kier molecular flexibility index (Phi) is 4.00. The first-order valence-electron chi connectivity index (χ1n) is 7.88.